The van der Waals surface area contributed by atoms with E-state index in [0.29, 0.717) is 45.9 Å². The second-order valence-electron chi connectivity index (χ2n) is 8.75. The zero-order valence-corrected chi connectivity index (χ0v) is 19.9. The number of hydrogen-bond acceptors (Lipinski definition) is 6. The summed E-state index contributed by atoms with van der Waals surface area (Å²) >= 11 is 0. The first-order valence-electron chi connectivity index (χ1n) is 11.5. The van der Waals surface area contributed by atoms with Crippen molar-refractivity contribution in [3.63, 3.8) is 0 Å². The standard InChI is InChI=1S/C24H32N4O4S/c1-20-5-2-7-22(15-20)26-10-12-28(13-11-26)33(30,31)19-24(29)27(18-23-8-4-14-32-23)17-21-6-3-9-25-16-21/h2-3,5-7,9,15-16,23H,4,8,10-14,17-19H2,1H3. The van der Waals surface area contributed by atoms with E-state index in [4.69, 9.17) is 4.74 Å². The third-order valence-corrected chi connectivity index (χ3v) is 7.97. The number of anilines is 1. The molecule has 0 saturated carbocycles. The van der Waals surface area contributed by atoms with Crippen LogP contribution in [0.25, 0.3) is 0 Å². The Labute approximate surface area is 196 Å². The van der Waals surface area contributed by atoms with Crippen molar-refractivity contribution < 1.29 is 17.9 Å². The highest BCUT2D eigenvalue weighted by molar-refractivity contribution is 7.89. The van der Waals surface area contributed by atoms with E-state index in [1.54, 1.807) is 17.3 Å². The normalized spacial score (nSPS) is 19.5. The second kappa shape index (κ2) is 10.6. The molecule has 1 amide bonds. The molecule has 0 bridgehead atoms. The fourth-order valence-corrected chi connectivity index (χ4v) is 5.79. The van der Waals surface area contributed by atoms with Gasteiger partial charge in [-0.05, 0) is 49.1 Å². The lowest BCUT2D eigenvalue weighted by atomic mass is 10.2. The third-order valence-electron chi connectivity index (χ3n) is 6.20. The predicted octanol–water partition coefficient (Wildman–Crippen LogP) is 2.05. The largest absolute Gasteiger partial charge is 0.376 e. The molecule has 1 aromatic carbocycles. The SMILES string of the molecule is Cc1cccc(N2CCN(S(=O)(=O)CC(=O)N(Cc3cccnc3)CC3CCCO3)CC2)c1. The number of ether oxygens (including phenoxy) is 1. The molecule has 2 fully saturated rings. The smallest absolute Gasteiger partial charge is 0.239 e. The maximum absolute atomic E-state index is 13.2. The molecule has 4 rings (SSSR count). The Balaban J connectivity index is 1.39. The van der Waals surface area contributed by atoms with Gasteiger partial charge in [0.2, 0.25) is 15.9 Å². The number of carbonyl (C=O) groups is 1. The number of nitrogens with zero attached hydrogens (tertiary/aromatic N) is 4. The third kappa shape index (κ3) is 6.31. The number of pyridine rings is 1. The van der Waals surface area contributed by atoms with Gasteiger partial charge in [0, 0.05) is 64.0 Å². The first-order chi connectivity index (χ1) is 15.9. The van der Waals surface area contributed by atoms with Gasteiger partial charge in [-0.25, -0.2) is 8.42 Å². The Bertz CT molecular complexity index is 1030. The van der Waals surface area contributed by atoms with Crippen LogP contribution in [0.3, 0.4) is 0 Å². The predicted molar refractivity (Wildman–Crippen MR) is 127 cm³/mol. The molecule has 1 unspecified atom stereocenters. The molecule has 0 radical (unpaired) electrons. The summed E-state index contributed by atoms with van der Waals surface area (Å²) in [6, 6.07) is 11.9. The van der Waals surface area contributed by atoms with Gasteiger partial charge in [-0.2, -0.15) is 4.31 Å². The van der Waals surface area contributed by atoms with Crippen LogP contribution in [-0.2, 0) is 26.1 Å². The van der Waals surface area contributed by atoms with Crippen molar-refractivity contribution in [2.45, 2.75) is 32.4 Å². The van der Waals surface area contributed by atoms with E-state index in [9.17, 15) is 13.2 Å². The quantitative estimate of drug-likeness (QED) is 0.585. The summed E-state index contributed by atoms with van der Waals surface area (Å²) in [7, 11) is -3.71. The molecule has 0 N–H and O–H groups in total. The van der Waals surface area contributed by atoms with Gasteiger partial charge in [0.05, 0.1) is 6.10 Å². The van der Waals surface area contributed by atoms with Crippen LogP contribution < -0.4 is 4.90 Å². The minimum absolute atomic E-state index is 0.0498. The number of carbonyl (C=O) groups excluding carboxylic acids is 1. The van der Waals surface area contributed by atoms with Gasteiger partial charge in [0.1, 0.15) is 5.75 Å². The van der Waals surface area contributed by atoms with E-state index in [2.05, 4.69) is 16.0 Å². The number of aryl methyl sites for hydroxylation is 1. The minimum atomic E-state index is -3.71. The average molecular weight is 473 g/mol. The Morgan fingerprint density at radius 1 is 1.18 bits per heavy atom. The lowest BCUT2D eigenvalue weighted by Gasteiger charge is -2.35. The zero-order valence-electron chi connectivity index (χ0n) is 19.1. The summed E-state index contributed by atoms with van der Waals surface area (Å²) in [6.45, 7) is 5.40. The van der Waals surface area contributed by atoms with E-state index in [1.165, 1.54) is 9.87 Å². The highest BCUT2D eigenvalue weighted by Gasteiger charge is 2.32. The van der Waals surface area contributed by atoms with Crippen molar-refractivity contribution in [3.05, 3.63) is 59.9 Å². The lowest BCUT2D eigenvalue weighted by molar-refractivity contribution is -0.130. The van der Waals surface area contributed by atoms with Crippen molar-refractivity contribution in [2.24, 2.45) is 0 Å². The Kier molecular flexibility index (Phi) is 7.62. The van der Waals surface area contributed by atoms with Crippen LogP contribution >= 0.6 is 0 Å². The maximum Gasteiger partial charge on any atom is 0.239 e. The van der Waals surface area contributed by atoms with Crippen molar-refractivity contribution in [1.82, 2.24) is 14.2 Å². The molecule has 0 spiro atoms. The summed E-state index contributed by atoms with van der Waals surface area (Å²) in [5, 5.41) is 0. The number of hydrogen-bond donors (Lipinski definition) is 0. The Hall–Kier alpha value is -2.49. The van der Waals surface area contributed by atoms with Gasteiger partial charge in [-0.1, -0.05) is 18.2 Å². The fourth-order valence-electron chi connectivity index (χ4n) is 4.39. The molecule has 0 aliphatic carbocycles. The van der Waals surface area contributed by atoms with Crippen LogP contribution in [0, 0.1) is 6.92 Å². The molecular weight excluding hydrogens is 440 g/mol. The van der Waals surface area contributed by atoms with E-state index in [0.717, 1.165) is 24.1 Å². The molecule has 2 aliphatic rings. The van der Waals surface area contributed by atoms with E-state index in [1.807, 2.05) is 37.3 Å². The van der Waals surface area contributed by atoms with Crippen LogP contribution in [0.4, 0.5) is 5.69 Å². The van der Waals surface area contributed by atoms with Crippen LogP contribution in [-0.4, -0.2) is 79.7 Å². The van der Waals surface area contributed by atoms with Crippen molar-refractivity contribution in [1.29, 1.82) is 0 Å². The van der Waals surface area contributed by atoms with Gasteiger partial charge >= 0.3 is 0 Å². The molecule has 3 heterocycles. The molecule has 2 aromatic rings. The summed E-state index contributed by atoms with van der Waals surface area (Å²) < 4.78 is 33.4. The van der Waals surface area contributed by atoms with Gasteiger partial charge in [-0.15, -0.1) is 0 Å². The van der Waals surface area contributed by atoms with Crippen LogP contribution in [0.15, 0.2) is 48.8 Å². The van der Waals surface area contributed by atoms with E-state index >= 15 is 0 Å². The Morgan fingerprint density at radius 3 is 2.67 bits per heavy atom. The number of sulfonamides is 1. The minimum Gasteiger partial charge on any atom is -0.376 e. The van der Waals surface area contributed by atoms with Crippen LogP contribution in [0.2, 0.25) is 0 Å². The molecule has 2 saturated heterocycles. The van der Waals surface area contributed by atoms with E-state index < -0.39 is 21.7 Å². The highest BCUT2D eigenvalue weighted by Crippen LogP contribution is 2.20. The lowest BCUT2D eigenvalue weighted by Crippen LogP contribution is -2.51. The average Bonchev–Trinajstić information content (AvgIpc) is 3.32. The maximum atomic E-state index is 13.2. The molecule has 2 aliphatic heterocycles. The van der Waals surface area contributed by atoms with Crippen molar-refractivity contribution in [3.8, 4) is 0 Å². The first kappa shape index (κ1) is 23.7. The van der Waals surface area contributed by atoms with Crippen molar-refractivity contribution >= 4 is 21.6 Å². The number of rotatable bonds is 8. The van der Waals surface area contributed by atoms with Gasteiger partial charge in [-0.3, -0.25) is 9.78 Å². The van der Waals surface area contributed by atoms with E-state index in [-0.39, 0.29) is 6.10 Å². The molecular formula is C24H32N4O4S. The number of piperazine rings is 1. The molecule has 33 heavy (non-hydrogen) atoms. The fraction of sp³-hybridized carbons (Fsp3) is 0.500. The number of benzene rings is 1. The van der Waals surface area contributed by atoms with Gasteiger partial charge in [0.15, 0.2) is 0 Å². The summed E-state index contributed by atoms with van der Waals surface area (Å²) in [5.74, 6) is -0.916. The zero-order chi connectivity index (χ0) is 23.3. The summed E-state index contributed by atoms with van der Waals surface area (Å²) in [5.41, 5.74) is 3.14. The van der Waals surface area contributed by atoms with Crippen LogP contribution in [0.5, 0.6) is 0 Å². The molecule has 1 atom stereocenters. The summed E-state index contributed by atoms with van der Waals surface area (Å²) in [4.78, 5) is 21.1. The molecule has 1 aromatic heterocycles. The van der Waals surface area contributed by atoms with Gasteiger partial charge < -0.3 is 14.5 Å². The monoisotopic (exact) mass is 472 g/mol. The number of aromatic nitrogens is 1. The van der Waals surface area contributed by atoms with Crippen LogP contribution in [0.1, 0.15) is 24.0 Å². The Morgan fingerprint density at radius 2 is 2.00 bits per heavy atom. The second-order valence-corrected chi connectivity index (χ2v) is 10.7. The van der Waals surface area contributed by atoms with Crippen molar-refractivity contribution in [2.75, 3.05) is 50.0 Å². The highest BCUT2D eigenvalue weighted by atomic mass is 32.2. The molecule has 8 nitrogen and oxygen atoms in total. The topological polar surface area (TPSA) is 83.1 Å². The molecule has 178 valence electrons. The molecule has 9 heteroatoms. The summed E-state index contributed by atoms with van der Waals surface area (Å²) in [6.07, 6.45) is 5.17. The first-order valence-corrected chi connectivity index (χ1v) is 13.1. The number of amides is 1. The van der Waals surface area contributed by atoms with Gasteiger partial charge in [0.25, 0.3) is 0 Å².